The SMILES string of the molecule is Cc1cc(Oc2cccc(C)c2N)nc(C(C)C)n1. The molecule has 0 saturated carbocycles. The Kier molecular flexibility index (Phi) is 3.69. The van der Waals surface area contributed by atoms with E-state index in [-0.39, 0.29) is 5.92 Å². The maximum Gasteiger partial charge on any atom is 0.222 e. The lowest BCUT2D eigenvalue weighted by Gasteiger charge is -2.11. The molecule has 0 saturated heterocycles. The first kappa shape index (κ1) is 13.3. The van der Waals surface area contributed by atoms with E-state index >= 15 is 0 Å². The summed E-state index contributed by atoms with van der Waals surface area (Å²) >= 11 is 0. The Balaban J connectivity index is 2.35. The van der Waals surface area contributed by atoms with Crippen molar-refractivity contribution in [2.24, 2.45) is 0 Å². The van der Waals surface area contributed by atoms with E-state index in [1.165, 1.54) is 0 Å². The molecule has 1 heterocycles. The van der Waals surface area contributed by atoms with Gasteiger partial charge in [0.15, 0.2) is 5.75 Å². The highest BCUT2D eigenvalue weighted by Gasteiger charge is 2.09. The van der Waals surface area contributed by atoms with Crippen LogP contribution < -0.4 is 10.5 Å². The van der Waals surface area contributed by atoms with Crippen molar-refractivity contribution in [2.75, 3.05) is 5.73 Å². The summed E-state index contributed by atoms with van der Waals surface area (Å²) in [5.74, 6) is 2.21. The fraction of sp³-hybridized carbons (Fsp3) is 0.333. The Morgan fingerprint density at radius 1 is 1.16 bits per heavy atom. The van der Waals surface area contributed by atoms with Crippen LogP contribution in [-0.4, -0.2) is 9.97 Å². The number of anilines is 1. The van der Waals surface area contributed by atoms with Crippen LogP contribution in [0.1, 0.15) is 36.8 Å². The molecule has 0 atom stereocenters. The molecule has 0 bridgehead atoms. The fourth-order valence-electron chi connectivity index (χ4n) is 1.73. The molecule has 2 N–H and O–H groups in total. The first-order chi connectivity index (χ1) is 8.97. The molecule has 1 aromatic heterocycles. The molecule has 2 aromatic rings. The van der Waals surface area contributed by atoms with Crippen molar-refractivity contribution >= 4 is 5.69 Å². The van der Waals surface area contributed by atoms with Crippen molar-refractivity contribution < 1.29 is 4.74 Å². The zero-order valence-electron chi connectivity index (χ0n) is 11.8. The van der Waals surface area contributed by atoms with Gasteiger partial charge in [-0.2, -0.15) is 4.98 Å². The Bertz CT molecular complexity index is 594. The summed E-state index contributed by atoms with van der Waals surface area (Å²) in [5, 5.41) is 0. The number of hydrogen-bond donors (Lipinski definition) is 1. The topological polar surface area (TPSA) is 61.0 Å². The Morgan fingerprint density at radius 2 is 1.89 bits per heavy atom. The van der Waals surface area contributed by atoms with Gasteiger partial charge in [0.2, 0.25) is 5.88 Å². The number of nitrogens with two attached hydrogens (primary N) is 1. The highest BCUT2D eigenvalue weighted by Crippen LogP contribution is 2.29. The predicted octanol–water partition coefficient (Wildman–Crippen LogP) is 3.59. The van der Waals surface area contributed by atoms with Crippen LogP contribution in [0.15, 0.2) is 24.3 Å². The van der Waals surface area contributed by atoms with E-state index in [1.54, 1.807) is 0 Å². The standard InChI is InChI=1S/C15H19N3O/c1-9(2)15-17-11(4)8-13(18-15)19-12-7-5-6-10(3)14(12)16/h5-9H,16H2,1-4H3. The lowest BCUT2D eigenvalue weighted by Crippen LogP contribution is -2.02. The molecule has 4 heteroatoms. The number of rotatable bonds is 3. The minimum absolute atomic E-state index is 0.261. The van der Waals surface area contributed by atoms with Crippen LogP contribution in [0.4, 0.5) is 5.69 Å². The number of hydrogen-bond acceptors (Lipinski definition) is 4. The van der Waals surface area contributed by atoms with Gasteiger partial charge in [0, 0.05) is 17.7 Å². The van der Waals surface area contributed by atoms with E-state index in [9.17, 15) is 0 Å². The first-order valence-electron chi connectivity index (χ1n) is 6.36. The normalized spacial score (nSPS) is 10.8. The third-order valence-electron chi connectivity index (χ3n) is 2.86. The second-order valence-corrected chi connectivity index (χ2v) is 4.95. The predicted molar refractivity (Wildman–Crippen MR) is 76.5 cm³/mol. The van der Waals surface area contributed by atoms with E-state index in [0.717, 1.165) is 17.1 Å². The zero-order valence-corrected chi connectivity index (χ0v) is 11.8. The van der Waals surface area contributed by atoms with Crippen molar-refractivity contribution in [3.05, 3.63) is 41.3 Å². The quantitative estimate of drug-likeness (QED) is 0.853. The Hall–Kier alpha value is -2.10. The second-order valence-electron chi connectivity index (χ2n) is 4.95. The number of aryl methyl sites for hydroxylation is 2. The van der Waals surface area contributed by atoms with Crippen LogP contribution in [-0.2, 0) is 0 Å². The fourth-order valence-corrected chi connectivity index (χ4v) is 1.73. The van der Waals surface area contributed by atoms with Crippen LogP contribution in [0.3, 0.4) is 0 Å². The second kappa shape index (κ2) is 5.26. The summed E-state index contributed by atoms with van der Waals surface area (Å²) in [6.07, 6.45) is 0. The van der Waals surface area contributed by atoms with Gasteiger partial charge in [-0.25, -0.2) is 4.98 Å². The minimum Gasteiger partial charge on any atom is -0.437 e. The van der Waals surface area contributed by atoms with Gasteiger partial charge in [-0.1, -0.05) is 26.0 Å². The first-order valence-corrected chi connectivity index (χ1v) is 6.36. The van der Waals surface area contributed by atoms with Crippen LogP contribution in [0.2, 0.25) is 0 Å². The molecule has 0 fully saturated rings. The summed E-state index contributed by atoms with van der Waals surface area (Å²) in [6.45, 7) is 7.99. The van der Waals surface area contributed by atoms with Crippen LogP contribution in [0.5, 0.6) is 11.6 Å². The van der Waals surface area contributed by atoms with Gasteiger partial charge in [0.05, 0.1) is 5.69 Å². The molecule has 0 aliphatic heterocycles. The molecule has 1 aromatic carbocycles. The number of para-hydroxylation sites is 1. The minimum atomic E-state index is 0.261. The molecule has 0 spiro atoms. The monoisotopic (exact) mass is 257 g/mol. The summed E-state index contributed by atoms with van der Waals surface area (Å²) in [4.78, 5) is 8.80. The van der Waals surface area contributed by atoms with Gasteiger partial charge in [-0.15, -0.1) is 0 Å². The number of aromatic nitrogens is 2. The van der Waals surface area contributed by atoms with Gasteiger partial charge < -0.3 is 10.5 Å². The summed E-state index contributed by atoms with van der Waals surface area (Å²) < 4.78 is 5.79. The van der Waals surface area contributed by atoms with Gasteiger partial charge >= 0.3 is 0 Å². The molecule has 0 aliphatic rings. The molecule has 0 unspecified atom stereocenters. The molecule has 0 amide bonds. The molecule has 2 rings (SSSR count). The molecular formula is C15H19N3O. The van der Waals surface area contributed by atoms with E-state index in [4.69, 9.17) is 10.5 Å². The van der Waals surface area contributed by atoms with Crippen molar-refractivity contribution in [2.45, 2.75) is 33.6 Å². The third-order valence-corrected chi connectivity index (χ3v) is 2.86. The van der Waals surface area contributed by atoms with Gasteiger partial charge in [0.25, 0.3) is 0 Å². The van der Waals surface area contributed by atoms with Crippen molar-refractivity contribution in [3.8, 4) is 11.6 Å². The van der Waals surface area contributed by atoms with Gasteiger partial charge in [-0.3, -0.25) is 0 Å². The van der Waals surface area contributed by atoms with Gasteiger partial charge in [-0.05, 0) is 25.5 Å². The van der Waals surface area contributed by atoms with Crippen molar-refractivity contribution in [1.29, 1.82) is 0 Å². The average molecular weight is 257 g/mol. The number of ether oxygens (including phenoxy) is 1. The Labute approximate surface area is 113 Å². The van der Waals surface area contributed by atoms with Crippen molar-refractivity contribution in [3.63, 3.8) is 0 Å². The average Bonchev–Trinajstić information content (AvgIpc) is 2.34. The number of nitrogens with zero attached hydrogens (tertiary/aromatic N) is 2. The molecule has 100 valence electrons. The van der Waals surface area contributed by atoms with E-state index in [2.05, 4.69) is 23.8 Å². The highest BCUT2D eigenvalue weighted by atomic mass is 16.5. The van der Waals surface area contributed by atoms with Crippen LogP contribution >= 0.6 is 0 Å². The molecule has 0 radical (unpaired) electrons. The third kappa shape index (κ3) is 3.02. The highest BCUT2D eigenvalue weighted by molar-refractivity contribution is 5.58. The van der Waals surface area contributed by atoms with E-state index in [1.807, 2.05) is 38.1 Å². The Morgan fingerprint density at radius 3 is 2.58 bits per heavy atom. The largest absolute Gasteiger partial charge is 0.437 e. The lowest BCUT2D eigenvalue weighted by molar-refractivity contribution is 0.458. The molecular weight excluding hydrogens is 238 g/mol. The lowest BCUT2D eigenvalue weighted by atomic mass is 10.2. The molecule has 0 aliphatic carbocycles. The van der Waals surface area contributed by atoms with E-state index < -0.39 is 0 Å². The van der Waals surface area contributed by atoms with Crippen LogP contribution in [0.25, 0.3) is 0 Å². The molecule has 19 heavy (non-hydrogen) atoms. The zero-order chi connectivity index (χ0) is 14.0. The van der Waals surface area contributed by atoms with Crippen LogP contribution in [0, 0.1) is 13.8 Å². The number of benzene rings is 1. The van der Waals surface area contributed by atoms with Gasteiger partial charge in [0.1, 0.15) is 5.82 Å². The molecule has 4 nitrogen and oxygen atoms in total. The summed E-state index contributed by atoms with van der Waals surface area (Å²) in [7, 11) is 0. The van der Waals surface area contributed by atoms with Crippen molar-refractivity contribution in [1.82, 2.24) is 9.97 Å². The van der Waals surface area contributed by atoms with E-state index in [0.29, 0.717) is 17.3 Å². The number of nitrogen functional groups attached to an aromatic ring is 1. The maximum absolute atomic E-state index is 6.00. The summed E-state index contributed by atoms with van der Waals surface area (Å²) in [6, 6.07) is 7.52. The summed E-state index contributed by atoms with van der Waals surface area (Å²) in [5.41, 5.74) is 8.52. The smallest absolute Gasteiger partial charge is 0.222 e. The maximum atomic E-state index is 6.00.